The average Bonchev–Trinajstić information content (AvgIpc) is 3.49. The quantitative estimate of drug-likeness (QED) is 0.144. The van der Waals surface area contributed by atoms with Crippen LogP contribution in [0.15, 0.2) is 54.1 Å². The number of fused-ring (bicyclic) bond motifs is 6. The summed E-state index contributed by atoms with van der Waals surface area (Å²) in [6.45, 7) is 8.53. The van der Waals surface area contributed by atoms with Crippen LogP contribution in [-0.2, 0) is 23.9 Å². The number of nitrogens with zero attached hydrogens (tertiary/aromatic N) is 1. The second-order valence-electron chi connectivity index (χ2n) is 17.1. The van der Waals surface area contributed by atoms with Gasteiger partial charge in [0.25, 0.3) is 0 Å². The summed E-state index contributed by atoms with van der Waals surface area (Å²) < 4.78 is 11.9. The first-order chi connectivity index (χ1) is 24.8. The molecule has 0 N–H and O–H groups in total. The third kappa shape index (κ3) is 6.90. The second kappa shape index (κ2) is 14.9. The normalized spacial score (nSPS) is 34.2. The Labute approximate surface area is 320 Å². The van der Waals surface area contributed by atoms with Crippen molar-refractivity contribution in [1.82, 2.24) is 4.90 Å². The van der Waals surface area contributed by atoms with E-state index in [9.17, 15) is 14.4 Å². The number of Topliss-reactive ketones (excluding diaryl/α,β-unsaturated/α-hetero) is 1. The van der Waals surface area contributed by atoms with Crippen molar-refractivity contribution in [2.24, 2.45) is 34.5 Å². The molecular formula is C44H55Cl2NO5. The fourth-order valence-corrected chi connectivity index (χ4v) is 12.0. The van der Waals surface area contributed by atoms with E-state index < -0.39 is 12.2 Å². The lowest BCUT2D eigenvalue weighted by Crippen LogP contribution is -2.51. The predicted molar refractivity (Wildman–Crippen MR) is 205 cm³/mol. The minimum absolute atomic E-state index is 0.00400. The Bertz CT molecular complexity index is 1740. The Kier molecular flexibility index (Phi) is 10.8. The standard InChI is InChI=1S/C44H55Cl2NO5/c1-26(48)35-14-15-36-34-12-11-29-25-30(20-22-43(29,3)37(34)21-23-44(35,36)4)52-42(50)19-18-41(49)51-27(2)47(5)40-17-13-31(32-8-6-7-9-33(32)40)28-10-16-38(45)39(46)24-28/h6-11,16,24,27,30-31,34-37,40H,12-15,17-23,25H2,1-5H3/t27?,30?,31-,34?,35?,36?,37?,40-,43?,44?/m0/s1. The Hall–Kier alpha value is -2.67. The van der Waals surface area contributed by atoms with Gasteiger partial charge in [0.05, 0.1) is 22.9 Å². The number of allylic oxidation sites excluding steroid dienone is 1. The number of hydrogen-bond donors (Lipinski definition) is 0. The van der Waals surface area contributed by atoms with E-state index in [1.54, 1.807) is 6.92 Å². The monoisotopic (exact) mass is 747 g/mol. The molecule has 2 aromatic carbocycles. The van der Waals surface area contributed by atoms with Gasteiger partial charge >= 0.3 is 11.9 Å². The number of carbonyl (C=O) groups excluding carboxylic acids is 3. The summed E-state index contributed by atoms with van der Waals surface area (Å²) in [5, 5.41) is 1.11. The summed E-state index contributed by atoms with van der Waals surface area (Å²) in [6, 6.07) is 14.4. The van der Waals surface area contributed by atoms with Crippen molar-refractivity contribution in [1.29, 1.82) is 0 Å². The van der Waals surface area contributed by atoms with Crippen LogP contribution in [0.4, 0.5) is 0 Å². The number of carbonyl (C=O) groups is 3. The Morgan fingerprint density at radius 2 is 1.63 bits per heavy atom. The zero-order chi connectivity index (χ0) is 36.9. The molecular weight excluding hydrogens is 693 g/mol. The summed E-state index contributed by atoms with van der Waals surface area (Å²) in [5.74, 6) is 1.98. The highest BCUT2D eigenvalue weighted by Crippen LogP contribution is 2.66. The molecule has 6 nitrogen and oxygen atoms in total. The van der Waals surface area contributed by atoms with E-state index in [0.717, 1.165) is 56.9 Å². The van der Waals surface area contributed by atoms with Crippen LogP contribution >= 0.6 is 23.2 Å². The summed E-state index contributed by atoms with van der Waals surface area (Å²) in [6.07, 6.45) is 12.0. The van der Waals surface area contributed by atoms with Crippen molar-refractivity contribution in [2.75, 3.05) is 7.05 Å². The number of halogens is 2. The van der Waals surface area contributed by atoms with Gasteiger partial charge in [0.1, 0.15) is 11.9 Å². The SMILES string of the molecule is CC(=O)C1CCC2C3CC=C4CC(OC(=O)CCC(=O)OC(C)N(C)[C@H]5CC[C@@H](c6ccc(Cl)c(Cl)c6)c6ccccc65)CCC4(C)C3CCC12C. The summed E-state index contributed by atoms with van der Waals surface area (Å²) in [5.41, 5.74) is 5.34. The molecule has 0 saturated heterocycles. The van der Waals surface area contributed by atoms with E-state index in [4.69, 9.17) is 32.7 Å². The largest absolute Gasteiger partial charge is 0.462 e. The van der Waals surface area contributed by atoms with Crippen molar-refractivity contribution in [2.45, 2.75) is 129 Å². The Morgan fingerprint density at radius 3 is 2.38 bits per heavy atom. The van der Waals surface area contributed by atoms with Gasteiger partial charge in [-0.25, -0.2) is 0 Å². The van der Waals surface area contributed by atoms with Crippen LogP contribution in [0.3, 0.4) is 0 Å². The van der Waals surface area contributed by atoms with Crippen LogP contribution in [0.25, 0.3) is 0 Å². The lowest BCUT2D eigenvalue weighted by atomic mass is 9.47. The lowest BCUT2D eigenvalue weighted by Gasteiger charge is -2.58. The lowest BCUT2D eigenvalue weighted by molar-refractivity contribution is -0.163. The van der Waals surface area contributed by atoms with Gasteiger partial charge in [0.2, 0.25) is 0 Å². The first-order valence-corrected chi connectivity index (χ1v) is 20.4. The van der Waals surface area contributed by atoms with Gasteiger partial charge < -0.3 is 9.47 Å². The highest BCUT2D eigenvalue weighted by molar-refractivity contribution is 6.42. The number of ether oxygens (including phenoxy) is 2. The minimum Gasteiger partial charge on any atom is -0.462 e. The van der Waals surface area contributed by atoms with Crippen LogP contribution in [0.1, 0.15) is 133 Å². The van der Waals surface area contributed by atoms with Crippen LogP contribution in [0, 0.1) is 34.5 Å². The summed E-state index contributed by atoms with van der Waals surface area (Å²) >= 11 is 12.6. The molecule has 0 radical (unpaired) electrons. The number of rotatable bonds is 9. The van der Waals surface area contributed by atoms with Gasteiger partial charge in [-0.1, -0.05) is 79.0 Å². The van der Waals surface area contributed by atoms with Gasteiger partial charge in [-0.05, 0) is 136 Å². The molecule has 7 rings (SSSR count). The maximum atomic E-state index is 13.0. The van der Waals surface area contributed by atoms with Crippen molar-refractivity contribution >= 4 is 40.9 Å². The number of benzene rings is 2. The van der Waals surface area contributed by atoms with Gasteiger partial charge in [-0.3, -0.25) is 19.3 Å². The van der Waals surface area contributed by atoms with Crippen LogP contribution in [0.2, 0.25) is 10.0 Å². The highest BCUT2D eigenvalue weighted by atomic mass is 35.5. The van der Waals surface area contributed by atoms with Crippen LogP contribution < -0.4 is 0 Å². The van der Waals surface area contributed by atoms with E-state index in [1.807, 2.05) is 26.1 Å². The molecule has 0 aromatic heterocycles. The van der Waals surface area contributed by atoms with Crippen LogP contribution in [-0.4, -0.2) is 42.0 Å². The topological polar surface area (TPSA) is 72.9 Å². The molecule has 0 aliphatic heterocycles. The molecule has 52 heavy (non-hydrogen) atoms. The molecule has 10 atom stereocenters. The zero-order valence-corrected chi connectivity index (χ0v) is 33.0. The molecule has 2 aromatic rings. The Morgan fingerprint density at radius 1 is 0.885 bits per heavy atom. The van der Waals surface area contributed by atoms with Gasteiger partial charge in [0.15, 0.2) is 6.23 Å². The minimum atomic E-state index is -0.462. The van der Waals surface area contributed by atoms with Crippen molar-refractivity contribution in [3.05, 3.63) is 80.8 Å². The van der Waals surface area contributed by atoms with Crippen molar-refractivity contribution in [3.8, 4) is 0 Å². The molecule has 5 aliphatic rings. The number of esters is 2. The maximum absolute atomic E-state index is 13.0. The molecule has 280 valence electrons. The van der Waals surface area contributed by atoms with E-state index in [1.165, 1.54) is 29.5 Å². The van der Waals surface area contributed by atoms with Gasteiger partial charge in [-0.15, -0.1) is 0 Å². The molecule has 0 spiro atoms. The Balaban J connectivity index is 0.902. The maximum Gasteiger partial charge on any atom is 0.307 e. The third-order valence-corrected chi connectivity index (χ3v) is 15.3. The fourth-order valence-electron chi connectivity index (χ4n) is 11.7. The molecule has 8 heteroatoms. The zero-order valence-electron chi connectivity index (χ0n) is 31.5. The smallest absolute Gasteiger partial charge is 0.307 e. The van der Waals surface area contributed by atoms with Gasteiger partial charge in [0, 0.05) is 24.3 Å². The molecule has 3 saturated carbocycles. The number of hydrogen-bond acceptors (Lipinski definition) is 6. The third-order valence-electron chi connectivity index (χ3n) is 14.6. The van der Waals surface area contributed by atoms with Crippen molar-refractivity contribution < 1.29 is 23.9 Å². The van der Waals surface area contributed by atoms with E-state index >= 15 is 0 Å². The first kappa shape index (κ1) is 37.6. The fraction of sp³-hybridized carbons (Fsp3) is 0.614. The predicted octanol–water partition coefficient (Wildman–Crippen LogP) is 10.6. The average molecular weight is 749 g/mol. The number of ketones is 1. The van der Waals surface area contributed by atoms with Crippen LogP contribution in [0.5, 0.6) is 0 Å². The van der Waals surface area contributed by atoms with E-state index in [2.05, 4.69) is 55.2 Å². The summed E-state index contributed by atoms with van der Waals surface area (Å²) in [7, 11) is 1.99. The molecule has 8 unspecified atom stereocenters. The van der Waals surface area contributed by atoms with Crippen molar-refractivity contribution in [3.63, 3.8) is 0 Å². The molecule has 0 amide bonds. The highest BCUT2D eigenvalue weighted by Gasteiger charge is 2.59. The van der Waals surface area contributed by atoms with E-state index in [-0.39, 0.29) is 53.6 Å². The summed E-state index contributed by atoms with van der Waals surface area (Å²) in [4.78, 5) is 40.6. The van der Waals surface area contributed by atoms with E-state index in [0.29, 0.717) is 33.6 Å². The second-order valence-corrected chi connectivity index (χ2v) is 17.9. The molecule has 3 fully saturated rings. The first-order valence-electron chi connectivity index (χ1n) is 19.6. The molecule has 0 bridgehead atoms. The van der Waals surface area contributed by atoms with Gasteiger partial charge in [-0.2, -0.15) is 0 Å². The molecule has 5 aliphatic carbocycles. The molecule has 0 heterocycles.